The Morgan fingerprint density at radius 1 is 1.10 bits per heavy atom. The highest BCUT2D eigenvalue weighted by atomic mass is 32.2. The summed E-state index contributed by atoms with van der Waals surface area (Å²) in [6, 6.07) is 12.5. The lowest BCUT2D eigenvalue weighted by Gasteiger charge is -2.12. The van der Waals surface area contributed by atoms with Gasteiger partial charge >= 0.3 is 0 Å². The lowest BCUT2D eigenvalue weighted by molar-refractivity contribution is -0.116. The first kappa shape index (κ1) is 23.4. The molecule has 30 heavy (non-hydrogen) atoms. The number of ether oxygens (including phenoxy) is 1. The molecule has 3 N–H and O–H groups in total. The largest absolute Gasteiger partial charge is 0.497 e. The minimum Gasteiger partial charge on any atom is -0.497 e. The van der Waals surface area contributed by atoms with Gasteiger partial charge in [-0.2, -0.15) is 0 Å². The van der Waals surface area contributed by atoms with Crippen molar-refractivity contribution in [1.82, 2.24) is 10.0 Å². The molecule has 1 atom stereocenters. The van der Waals surface area contributed by atoms with Crippen molar-refractivity contribution in [3.8, 4) is 5.75 Å². The molecule has 2 aromatic carbocycles. The van der Waals surface area contributed by atoms with Gasteiger partial charge < -0.3 is 15.4 Å². The van der Waals surface area contributed by atoms with E-state index in [0.717, 1.165) is 0 Å². The summed E-state index contributed by atoms with van der Waals surface area (Å²) in [5.41, 5.74) is 0.916. The molecule has 9 heteroatoms. The normalized spacial score (nSPS) is 12.1. The Bertz CT molecular complexity index is 974. The van der Waals surface area contributed by atoms with Gasteiger partial charge in [0.25, 0.3) is 5.91 Å². The smallest absolute Gasteiger partial charge is 0.251 e. The average Bonchev–Trinajstić information content (AvgIpc) is 2.73. The van der Waals surface area contributed by atoms with Gasteiger partial charge in [0, 0.05) is 30.3 Å². The number of amides is 2. The number of methoxy groups -OCH3 is 1. The van der Waals surface area contributed by atoms with Gasteiger partial charge in [0.1, 0.15) is 5.75 Å². The first-order valence-corrected chi connectivity index (χ1v) is 11.1. The van der Waals surface area contributed by atoms with Crippen molar-refractivity contribution < 1.29 is 22.7 Å². The zero-order chi connectivity index (χ0) is 22.1. The first-order chi connectivity index (χ1) is 14.2. The number of rotatable bonds is 10. The van der Waals surface area contributed by atoms with E-state index in [2.05, 4.69) is 15.4 Å². The summed E-state index contributed by atoms with van der Waals surface area (Å²) in [7, 11) is -2.07. The molecule has 0 spiro atoms. The maximum Gasteiger partial charge on any atom is 0.251 e. The number of benzene rings is 2. The second-order valence-corrected chi connectivity index (χ2v) is 8.45. The minimum absolute atomic E-state index is 0.0747. The molecule has 0 saturated heterocycles. The molecule has 0 aromatic heterocycles. The van der Waals surface area contributed by atoms with Crippen LogP contribution in [0.15, 0.2) is 53.4 Å². The number of hydrogen-bond donors (Lipinski definition) is 3. The maximum atomic E-state index is 12.3. The molecule has 0 aliphatic rings. The monoisotopic (exact) mass is 433 g/mol. The van der Waals surface area contributed by atoms with E-state index in [4.69, 9.17) is 4.74 Å². The Hall–Kier alpha value is -2.91. The fourth-order valence-corrected chi connectivity index (χ4v) is 3.84. The average molecular weight is 434 g/mol. The molecular formula is C21H27N3O5S. The van der Waals surface area contributed by atoms with E-state index in [1.165, 1.54) is 31.4 Å². The summed E-state index contributed by atoms with van der Waals surface area (Å²) in [4.78, 5) is 24.3. The Balaban J connectivity index is 1.84. The van der Waals surface area contributed by atoms with Gasteiger partial charge in [0.15, 0.2) is 0 Å². The summed E-state index contributed by atoms with van der Waals surface area (Å²) in [6.45, 7) is 3.84. The van der Waals surface area contributed by atoms with E-state index < -0.39 is 10.0 Å². The van der Waals surface area contributed by atoms with Crippen LogP contribution >= 0.6 is 0 Å². The number of sulfonamides is 1. The van der Waals surface area contributed by atoms with Gasteiger partial charge in [-0.1, -0.05) is 13.0 Å². The van der Waals surface area contributed by atoms with Crippen LogP contribution in [-0.2, 0) is 14.8 Å². The topological polar surface area (TPSA) is 114 Å². The molecule has 0 heterocycles. The third-order valence-electron chi connectivity index (χ3n) is 4.39. The molecular weight excluding hydrogens is 406 g/mol. The second-order valence-electron chi connectivity index (χ2n) is 6.74. The number of carbonyl (C=O) groups is 2. The molecule has 2 rings (SSSR count). The van der Waals surface area contributed by atoms with E-state index in [9.17, 15) is 18.0 Å². The SMILES string of the molecule is CCC(C)NS(=O)(=O)c1ccc(NC(=O)CCNC(=O)c2cccc(OC)c2)cc1. The highest BCUT2D eigenvalue weighted by molar-refractivity contribution is 7.89. The van der Waals surface area contributed by atoms with Gasteiger partial charge in [-0.05, 0) is 55.8 Å². The quantitative estimate of drug-likeness (QED) is 0.533. The van der Waals surface area contributed by atoms with Crippen LogP contribution in [0.4, 0.5) is 5.69 Å². The highest BCUT2D eigenvalue weighted by Crippen LogP contribution is 2.15. The van der Waals surface area contributed by atoms with Crippen molar-refractivity contribution in [3.63, 3.8) is 0 Å². The van der Waals surface area contributed by atoms with Crippen LogP contribution in [0.25, 0.3) is 0 Å². The summed E-state index contributed by atoms with van der Waals surface area (Å²) in [6.07, 6.45) is 0.757. The van der Waals surface area contributed by atoms with E-state index in [0.29, 0.717) is 23.4 Å². The Kier molecular flexibility index (Phi) is 8.37. The van der Waals surface area contributed by atoms with Gasteiger partial charge in [-0.3, -0.25) is 9.59 Å². The molecule has 0 aliphatic heterocycles. The fourth-order valence-electron chi connectivity index (χ4n) is 2.51. The second kappa shape index (κ2) is 10.7. The van der Waals surface area contributed by atoms with Gasteiger partial charge in [-0.15, -0.1) is 0 Å². The number of nitrogens with one attached hydrogen (secondary N) is 3. The zero-order valence-corrected chi connectivity index (χ0v) is 18.1. The third kappa shape index (κ3) is 6.85. The van der Waals surface area contributed by atoms with Crippen LogP contribution in [-0.4, -0.2) is 39.9 Å². The molecule has 0 fully saturated rings. The molecule has 162 valence electrons. The molecule has 1 unspecified atom stereocenters. The lowest BCUT2D eigenvalue weighted by atomic mass is 10.2. The zero-order valence-electron chi connectivity index (χ0n) is 17.3. The molecule has 0 radical (unpaired) electrons. The summed E-state index contributed by atoms with van der Waals surface area (Å²) < 4.78 is 32.2. The van der Waals surface area contributed by atoms with Crippen LogP contribution in [0.5, 0.6) is 5.75 Å². The van der Waals surface area contributed by atoms with E-state index in [1.54, 1.807) is 31.2 Å². The molecule has 0 saturated carbocycles. The first-order valence-electron chi connectivity index (χ1n) is 9.59. The predicted molar refractivity (Wildman–Crippen MR) is 115 cm³/mol. The standard InChI is InChI=1S/C21H27N3O5S/c1-4-15(2)24-30(27,28)19-10-8-17(9-11-19)23-20(25)12-13-22-21(26)16-6-5-7-18(14-16)29-3/h5-11,14-15,24H,4,12-13H2,1-3H3,(H,22,26)(H,23,25). The van der Waals surface area contributed by atoms with E-state index in [1.807, 2.05) is 6.92 Å². The Morgan fingerprint density at radius 3 is 2.43 bits per heavy atom. The van der Waals surface area contributed by atoms with Crippen molar-refractivity contribution in [3.05, 3.63) is 54.1 Å². The van der Waals surface area contributed by atoms with Gasteiger partial charge in [0.2, 0.25) is 15.9 Å². The van der Waals surface area contributed by atoms with Crippen molar-refractivity contribution in [2.45, 2.75) is 37.6 Å². The van der Waals surface area contributed by atoms with Crippen molar-refractivity contribution in [1.29, 1.82) is 0 Å². The Labute approximate surface area is 177 Å². The van der Waals surface area contributed by atoms with Crippen LogP contribution in [0.1, 0.15) is 37.0 Å². The summed E-state index contributed by atoms with van der Waals surface area (Å²) in [5.74, 6) is -0.0236. The Morgan fingerprint density at radius 2 is 1.80 bits per heavy atom. The van der Waals surface area contributed by atoms with E-state index >= 15 is 0 Å². The van der Waals surface area contributed by atoms with Crippen molar-refractivity contribution in [2.24, 2.45) is 0 Å². The van der Waals surface area contributed by atoms with Crippen LogP contribution in [0.3, 0.4) is 0 Å². The molecule has 0 bridgehead atoms. The number of hydrogen-bond acceptors (Lipinski definition) is 5. The molecule has 2 amide bonds. The third-order valence-corrected chi connectivity index (χ3v) is 5.99. The van der Waals surface area contributed by atoms with Crippen molar-refractivity contribution in [2.75, 3.05) is 19.0 Å². The number of anilines is 1. The van der Waals surface area contributed by atoms with E-state index in [-0.39, 0.29) is 35.7 Å². The summed E-state index contributed by atoms with van der Waals surface area (Å²) >= 11 is 0. The summed E-state index contributed by atoms with van der Waals surface area (Å²) in [5, 5.41) is 5.36. The highest BCUT2D eigenvalue weighted by Gasteiger charge is 2.16. The van der Waals surface area contributed by atoms with Crippen LogP contribution in [0.2, 0.25) is 0 Å². The maximum absolute atomic E-state index is 12.3. The van der Waals surface area contributed by atoms with Crippen LogP contribution in [0, 0.1) is 0 Å². The predicted octanol–water partition coefficient (Wildman–Crippen LogP) is 2.53. The molecule has 8 nitrogen and oxygen atoms in total. The molecule has 2 aromatic rings. The van der Waals surface area contributed by atoms with Gasteiger partial charge in [-0.25, -0.2) is 13.1 Å². The van der Waals surface area contributed by atoms with Crippen molar-refractivity contribution >= 4 is 27.5 Å². The fraction of sp³-hybridized carbons (Fsp3) is 0.333. The molecule has 0 aliphatic carbocycles. The van der Waals surface area contributed by atoms with Crippen LogP contribution < -0.4 is 20.1 Å². The van der Waals surface area contributed by atoms with Gasteiger partial charge in [0.05, 0.1) is 12.0 Å². The minimum atomic E-state index is -3.59. The lowest BCUT2D eigenvalue weighted by Crippen LogP contribution is -2.32. The number of carbonyl (C=O) groups excluding carboxylic acids is 2.